The van der Waals surface area contributed by atoms with E-state index in [1.54, 1.807) is 33.0 Å². The minimum Gasteiger partial charge on any atom is -0.462 e. The first kappa shape index (κ1) is 34.8. The van der Waals surface area contributed by atoms with E-state index in [4.69, 9.17) is 18.5 Å². The number of ether oxygens (including phenoxy) is 2. The number of alkyl halides is 2. The van der Waals surface area contributed by atoms with Crippen molar-refractivity contribution in [2.45, 2.75) is 83.1 Å². The summed E-state index contributed by atoms with van der Waals surface area (Å²) in [5.74, 6) is -5.08. The number of rotatable bonds is 12. The summed E-state index contributed by atoms with van der Waals surface area (Å²) in [5, 5.41) is 15.6. The molecule has 1 amide bonds. The summed E-state index contributed by atoms with van der Waals surface area (Å²) in [6.45, 7) is 6.42. The van der Waals surface area contributed by atoms with E-state index in [0.29, 0.717) is 11.0 Å². The van der Waals surface area contributed by atoms with Gasteiger partial charge in [-0.25, -0.2) is 4.79 Å². The summed E-state index contributed by atoms with van der Waals surface area (Å²) in [5.41, 5.74) is -0.263. The number of likely N-dealkylation sites (tertiary alicyclic amines) is 1. The number of carbonyl (C=O) groups is 2. The van der Waals surface area contributed by atoms with Crippen molar-refractivity contribution in [2.75, 3.05) is 25.5 Å². The predicted molar refractivity (Wildman–Crippen MR) is 158 cm³/mol. The number of aromatic nitrogens is 2. The lowest BCUT2D eigenvalue weighted by Gasteiger charge is -2.22. The predicted octanol–water partition coefficient (Wildman–Crippen LogP) is 2.17. The number of hydrogen-bond donors (Lipinski definition) is 4. The van der Waals surface area contributed by atoms with E-state index < -0.39 is 68.9 Å². The highest BCUT2D eigenvalue weighted by Gasteiger charge is 2.61. The van der Waals surface area contributed by atoms with Crippen LogP contribution in [0, 0.1) is 6.92 Å². The van der Waals surface area contributed by atoms with Gasteiger partial charge in [-0.05, 0) is 72.3 Å². The summed E-state index contributed by atoms with van der Waals surface area (Å²) in [6.07, 6.45) is -4.51. The maximum Gasteiger partial charge on any atom is 0.544 e. The SMILES string of the molecule is Cc1ccc(O[P+](O)(N[C@@H](C)C(=O)OC(C)C)OC[C@H]2OC(n3ccc(NC(=O)[C@@H]4CCCN4C)nc3=O)C(F)(F)[C@@H]2O)cc1. The molecule has 2 fully saturated rings. The Balaban J connectivity index is 1.48. The highest BCUT2D eigenvalue weighted by molar-refractivity contribution is 7.58. The fraction of sp³-hybridized carbons (Fsp3) is 0.571. The van der Waals surface area contributed by atoms with Crippen LogP contribution in [0.3, 0.4) is 0 Å². The second kappa shape index (κ2) is 14.1. The molecule has 0 saturated carbocycles. The van der Waals surface area contributed by atoms with Crippen molar-refractivity contribution in [3.05, 3.63) is 52.6 Å². The summed E-state index contributed by atoms with van der Waals surface area (Å²) >= 11 is 0. The Morgan fingerprint density at radius 3 is 2.51 bits per heavy atom. The van der Waals surface area contributed by atoms with Gasteiger partial charge in [-0.3, -0.25) is 23.6 Å². The van der Waals surface area contributed by atoms with Crippen LogP contribution in [-0.2, 0) is 23.6 Å². The molecule has 4 N–H and O–H groups in total. The van der Waals surface area contributed by atoms with Gasteiger partial charge >= 0.3 is 25.7 Å². The third kappa shape index (κ3) is 8.38. The largest absolute Gasteiger partial charge is 0.544 e. The van der Waals surface area contributed by atoms with Crippen molar-refractivity contribution in [1.82, 2.24) is 19.5 Å². The van der Waals surface area contributed by atoms with Gasteiger partial charge in [0.05, 0.1) is 12.1 Å². The van der Waals surface area contributed by atoms with Crippen molar-refractivity contribution in [3.63, 3.8) is 0 Å². The number of carbonyl (C=O) groups excluding carboxylic acids is 2. The van der Waals surface area contributed by atoms with Gasteiger partial charge in [-0.1, -0.05) is 22.8 Å². The van der Waals surface area contributed by atoms with E-state index >= 15 is 8.78 Å². The number of likely N-dealkylation sites (N-methyl/N-ethyl adjacent to an activating group) is 1. The molecular formula is C28H39F2N5O9P+. The summed E-state index contributed by atoms with van der Waals surface area (Å²) < 4.78 is 52.7. The molecule has 3 heterocycles. The average molecular weight is 659 g/mol. The lowest BCUT2D eigenvalue weighted by Crippen LogP contribution is -2.43. The first-order chi connectivity index (χ1) is 21.1. The first-order valence-electron chi connectivity index (χ1n) is 14.4. The minimum absolute atomic E-state index is 0.123. The lowest BCUT2D eigenvalue weighted by atomic mass is 10.1. The number of anilines is 1. The maximum absolute atomic E-state index is 15.3. The lowest BCUT2D eigenvalue weighted by molar-refractivity contribution is -0.149. The maximum atomic E-state index is 15.3. The second-order valence-electron chi connectivity index (χ2n) is 11.3. The number of nitrogens with zero attached hydrogens (tertiary/aromatic N) is 3. The van der Waals surface area contributed by atoms with Crippen molar-refractivity contribution in [2.24, 2.45) is 0 Å². The number of hydrogen-bond acceptors (Lipinski definition) is 12. The van der Waals surface area contributed by atoms with Crippen LogP contribution in [-0.4, -0.2) is 92.8 Å². The van der Waals surface area contributed by atoms with E-state index in [1.165, 1.54) is 25.1 Å². The van der Waals surface area contributed by atoms with Gasteiger partial charge in [0.1, 0.15) is 24.6 Å². The molecule has 2 aliphatic rings. The normalized spacial score (nSPS) is 25.1. The average Bonchev–Trinajstić information content (AvgIpc) is 3.48. The van der Waals surface area contributed by atoms with Crippen LogP contribution in [0.2, 0.25) is 0 Å². The van der Waals surface area contributed by atoms with Gasteiger partial charge in [-0.15, -0.1) is 0 Å². The van der Waals surface area contributed by atoms with Gasteiger partial charge in [0.25, 0.3) is 0 Å². The fourth-order valence-corrected chi connectivity index (χ4v) is 6.39. The third-order valence-electron chi connectivity index (χ3n) is 7.26. The number of aliphatic hydroxyl groups is 1. The third-order valence-corrected chi connectivity index (χ3v) is 8.93. The van der Waals surface area contributed by atoms with Crippen LogP contribution in [0.1, 0.15) is 45.4 Å². The summed E-state index contributed by atoms with van der Waals surface area (Å²) in [4.78, 5) is 54.6. The smallest absolute Gasteiger partial charge is 0.462 e. The van der Waals surface area contributed by atoms with E-state index in [0.717, 1.165) is 24.7 Å². The molecule has 6 atom stereocenters. The standard InChI is InChI=1S/C28H38F2N5O9P/c1-16(2)42-25(38)18(4)33-45(40,44-19-10-8-17(3)9-11-19)41-15-21-23(36)28(29,30)26(43-21)35-14-12-22(32-27(35)39)31-24(37)20-7-6-13-34(20)5/h8-12,14,16,18,20-21,23,26,33,36,40H,6-7,13,15H2,1-5H3/p+1/t18-,20-,21+,23+,26?,45?/m0/s1. The highest BCUT2D eigenvalue weighted by atomic mass is 31.2. The van der Waals surface area contributed by atoms with E-state index in [-0.39, 0.29) is 17.5 Å². The first-order valence-corrected chi connectivity index (χ1v) is 16.0. The molecule has 0 bridgehead atoms. The van der Waals surface area contributed by atoms with E-state index in [9.17, 15) is 24.4 Å². The molecule has 2 unspecified atom stereocenters. The topological polar surface area (TPSA) is 174 Å². The number of benzene rings is 1. The molecule has 2 aromatic rings. The van der Waals surface area contributed by atoms with Crippen LogP contribution in [0.4, 0.5) is 14.6 Å². The quantitative estimate of drug-likeness (QED) is 0.194. The Kier molecular flexibility index (Phi) is 10.9. The molecule has 1 aromatic heterocycles. The number of nitrogens with one attached hydrogen (secondary N) is 2. The van der Waals surface area contributed by atoms with Crippen LogP contribution in [0.5, 0.6) is 5.75 Å². The Hall–Kier alpha value is -3.11. The van der Waals surface area contributed by atoms with Gasteiger partial charge < -0.3 is 19.9 Å². The molecule has 0 spiro atoms. The second-order valence-corrected chi connectivity index (χ2v) is 13.1. The molecule has 17 heteroatoms. The zero-order valence-corrected chi connectivity index (χ0v) is 26.4. The molecule has 1 aromatic carbocycles. The molecule has 4 rings (SSSR count). The molecule has 2 aliphatic heterocycles. The van der Waals surface area contributed by atoms with Gasteiger partial charge in [-0.2, -0.15) is 23.2 Å². The zero-order valence-electron chi connectivity index (χ0n) is 25.6. The van der Waals surface area contributed by atoms with Crippen LogP contribution in [0.25, 0.3) is 0 Å². The molecule has 248 valence electrons. The molecule has 0 aliphatic carbocycles. The van der Waals surface area contributed by atoms with Crippen molar-refractivity contribution in [3.8, 4) is 5.75 Å². The van der Waals surface area contributed by atoms with E-state index in [1.807, 2.05) is 11.8 Å². The Bertz CT molecular complexity index is 1420. The number of halogens is 2. The van der Waals surface area contributed by atoms with Gasteiger partial charge in [0.15, 0.2) is 11.9 Å². The zero-order chi connectivity index (χ0) is 33.1. The molecule has 45 heavy (non-hydrogen) atoms. The Labute approximate surface area is 259 Å². The number of aryl methyl sites for hydroxylation is 1. The van der Waals surface area contributed by atoms with Crippen LogP contribution in [0.15, 0.2) is 41.3 Å². The fourth-order valence-electron chi connectivity index (χ4n) is 4.86. The summed E-state index contributed by atoms with van der Waals surface area (Å²) in [7, 11) is -2.43. The van der Waals surface area contributed by atoms with Crippen LogP contribution < -0.4 is 20.6 Å². The van der Waals surface area contributed by atoms with Crippen molar-refractivity contribution >= 4 is 25.8 Å². The molecule has 0 radical (unpaired) electrons. The van der Waals surface area contributed by atoms with Gasteiger partial charge in [0.2, 0.25) is 12.1 Å². The molecule has 14 nitrogen and oxygen atoms in total. The van der Waals surface area contributed by atoms with E-state index in [2.05, 4.69) is 15.4 Å². The van der Waals surface area contributed by atoms with Crippen molar-refractivity contribution in [1.29, 1.82) is 0 Å². The highest BCUT2D eigenvalue weighted by Crippen LogP contribution is 2.54. The number of amides is 1. The Morgan fingerprint density at radius 2 is 1.91 bits per heavy atom. The monoisotopic (exact) mass is 658 g/mol. The number of esters is 1. The van der Waals surface area contributed by atoms with Crippen LogP contribution >= 0.6 is 8.09 Å². The number of aliphatic hydroxyl groups excluding tert-OH is 1. The van der Waals surface area contributed by atoms with Crippen molar-refractivity contribution < 1.29 is 46.9 Å². The van der Waals surface area contributed by atoms with Gasteiger partial charge in [0, 0.05) is 6.20 Å². The minimum atomic E-state index is -4.23. The molecular weight excluding hydrogens is 619 g/mol. The summed E-state index contributed by atoms with van der Waals surface area (Å²) in [6, 6.07) is 6.09. The molecule has 2 saturated heterocycles. The Morgan fingerprint density at radius 1 is 1.22 bits per heavy atom.